The van der Waals surface area contributed by atoms with Crippen molar-refractivity contribution in [3.05, 3.63) is 0 Å². The zero-order chi connectivity index (χ0) is 15.3. The first-order valence-corrected chi connectivity index (χ1v) is 9.55. The van der Waals surface area contributed by atoms with E-state index in [4.69, 9.17) is 0 Å². The molecule has 124 valence electrons. The molecule has 2 nitrogen and oxygen atoms in total. The van der Waals surface area contributed by atoms with Gasteiger partial charge in [0.05, 0.1) is 0 Å². The number of rotatable bonds is 9. The molecule has 1 heterocycles. The highest BCUT2D eigenvalue weighted by Crippen LogP contribution is 2.51. The molecule has 0 bridgehead atoms. The van der Waals surface area contributed by atoms with Crippen LogP contribution >= 0.6 is 0 Å². The standard InChI is InChI=1S/C19H38N2/c1-5-11-21(12-6-2)18-7-13-20(14-8-18)16-19(9-10-19)15-17(3)4/h17-18H,5-16H2,1-4H3. The van der Waals surface area contributed by atoms with Gasteiger partial charge in [0.25, 0.3) is 0 Å². The van der Waals surface area contributed by atoms with Crippen LogP contribution in [0.4, 0.5) is 0 Å². The van der Waals surface area contributed by atoms with E-state index in [0.717, 1.165) is 12.0 Å². The monoisotopic (exact) mass is 294 g/mol. The van der Waals surface area contributed by atoms with Gasteiger partial charge in [-0.1, -0.05) is 27.7 Å². The minimum atomic E-state index is 0.716. The predicted octanol–water partition coefficient (Wildman–Crippen LogP) is 4.40. The maximum absolute atomic E-state index is 2.78. The molecule has 21 heavy (non-hydrogen) atoms. The zero-order valence-electron chi connectivity index (χ0n) is 15.0. The van der Waals surface area contributed by atoms with E-state index in [9.17, 15) is 0 Å². The first-order chi connectivity index (χ1) is 10.1. The molecule has 0 aromatic carbocycles. The second-order valence-electron chi connectivity index (χ2n) is 8.14. The lowest BCUT2D eigenvalue weighted by Gasteiger charge is -2.40. The average Bonchev–Trinajstić information content (AvgIpc) is 3.18. The Labute approximate surface area is 133 Å². The normalized spacial score (nSPS) is 23.1. The van der Waals surface area contributed by atoms with Gasteiger partial charge in [0.1, 0.15) is 0 Å². The first-order valence-electron chi connectivity index (χ1n) is 9.55. The summed E-state index contributed by atoms with van der Waals surface area (Å²) in [5.74, 6) is 0.870. The third-order valence-electron chi connectivity index (χ3n) is 5.45. The van der Waals surface area contributed by atoms with E-state index in [0.29, 0.717) is 5.41 Å². The Morgan fingerprint density at radius 1 is 1.05 bits per heavy atom. The Balaban J connectivity index is 1.75. The van der Waals surface area contributed by atoms with E-state index in [1.54, 1.807) is 0 Å². The molecule has 0 aromatic heterocycles. The fourth-order valence-corrected chi connectivity index (χ4v) is 4.44. The molecule has 1 saturated heterocycles. The van der Waals surface area contributed by atoms with Gasteiger partial charge in [-0.2, -0.15) is 0 Å². The van der Waals surface area contributed by atoms with Crippen LogP contribution in [0.3, 0.4) is 0 Å². The molecule has 0 spiro atoms. The Kier molecular flexibility index (Phi) is 6.55. The van der Waals surface area contributed by atoms with Gasteiger partial charge in [-0.15, -0.1) is 0 Å². The summed E-state index contributed by atoms with van der Waals surface area (Å²) in [4.78, 5) is 5.54. The van der Waals surface area contributed by atoms with Crippen molar-refractivity contribution in [2.24, 2.45) is 11.3 Å². The molecule has 1 aliphatic carbocycles. The molecule has 0 N–H and O–H groups in total. The SMILES string of the molecule is CCCN(CCC)C1CCN(CC2(CC(C)C)CC2)CC1. The van der Waals surface area contributed by atoms with Crippen molar-refractivity contribution in [1.29, 1.82) is 0 Å². The summed E-state index contributed by atoms with van der Waals surface area (Å²) in [6.07, 6.45) is 9.83. The Hall–Kier alpha value is -0.0800. The van der Waals surface area contributed by atoms with Crippen LogP contribution in [0.15, 0.2) is 0 Å². The minimum Gasteiger partial charge on any atom is -0.303 e. The Bertz CT molecular complexity index is 282. The largest absolute Gasteiger partial charge is 0.303 e. The van der Waals surface area contributed by atoms with Gasteiger partial charge in [0.15, 0.2) is 0 Å². The molecule has 1 aliphatic heterocycles. The zero-order valence-corrected chi connectivity index (χ0v) is 15.0. The number of hydrogen-bond donors (Lipinski definition) is 0. The second-order valence-corrected chi connectivity index (χ2v) is 8.14. The van der Waals surface area contributed by atoms with Crippen molar-refractivity contribution in [2.45, 2.75) is 78.7 Å². The summed E-state index contributed by atoms with van der Waals surface area (Å²) in [5, 5.41) is 0. The number of likely N-dealkylation sites (tertiary alicyclic amines) is 1. The molecule has 1 saturated carbocycles. The van der Waals surface area contributed by atoms with E-state index in [-0.39, 0.29) is 0 Å². The van der Waals surface area contributed by atoms with Crippen molar-refractivity contribution < 1.29 is 0 Å². The highest BCUT2D eigenvalue weighted by molar-refractivity contribution is 4.97. The number of piperidine rings is 1. The van der Waals surface area contributed by atoms with Gasteiger partial charge in [0.2, 0.25) is 0 Å². The highest BCUT2D eigenvalue weighted by Gasteiger charge is 2.44. The fourth-order valence-electron chi connectivity index (χ4n) is 4.44. The molecule has 0 aromatic rings. The molecule has 0 radical (unpaired) electrons. The molecular weight excluding hydrogens is 256 g/mol. The van der Waals surface area contributed by atoms with Crippen LogP contribution in [0, 0.1) is 11.3 Å². The number of nitrogens with zero attached hydrogens (tertiary/aromatic N) is 2. The van der Waals surface area contributed by atoms with Crippen LogP contribution in [0.25, 0.3) is 0 Å². The van der Waals surface area contributed by atoms with E-state index >= 15 is 0 Å². The molecule has 2 aliphatic rings. The van der Waals surface area contributed by atoms with Crippen molar-refractivity contribution in [2.75, 3.05) is 32.7 Å². The molecule has 0 amide bonds. The maximum Gasteiger partial charge on any atom is 0.0120 e. The van der Waals surface area contributed by atoms with E-state index in [2.05, 4.69) is 37.5 Å². The Morgan fingerprint density at radius 2 is 1.62 bits per heavy atom. The van der Waals surface area contributed by atoms with Gasteiger partial charge in [-0.05, 0) is 82.5 Å². The predicted molar refractivity (Wildman–Crippen MR) is 92.7 cm³/mol. The van der Waals surface area contributed by atoms with Crippen LogP contribution in [0.1, 0.15) is 72.6 Å². The van der Waals surface area contributed by atoms with Gasteiger partial charge in [-0.25, -0.2) is 0 Å². The van der Waals surface area contributed by atoms with E-state index < -0.39 is 0 Å². The van der Waals surface area contributed by atoms with Crippen LogP contribution in [-0.4, -0.2) is 48.6 Å². The minimum absolute atomic E-state index is 0.716. The summed E-state index contributed by atoms with van der Waals surface area (Å²) in [6, 6.07) is 0.862. The third kappa shape index (κ3) is 5.25. The van der Waals surface area contributed by atoms with Gasteiger partial charge < -0.3 is 9.80 Å². The quantitative estimate of drug-likeness (QED) is 0.622. The van der Waals surface area contributed by atoms with E-state index in [1.165, 1.54) is 77.7 Å². The van der Waals surface area contributed by atoms with Gasteiger partial charge in [-0.3, -0.25) is 0 Å². The van der Waals surface area contributed by atoms with Crippen molar-refractivity contribution in [3.8, 4) is 0 Å². The van der Waals surface area contributed by atoms with Crippen LogP contribution in [0.2, 0.25) is 0 Å². The summed E-state index contributed by atoms with van der Waals surface area (Å²) >= 11 is 0. The Morgan fingerprint density at radius 3 is 2.05 bits per heavy atom. The second kappa shape index (κ2) is 7.97. The van der Waals surface area contributed by atoms with Crippen LogP contribution in [0.5, 0.6) is 0 Å². The van der Waals surface area contributed by atoms with Crippen molar-refractivity contribution >= 4 is 0 Å². The summed E-state index contributed by atoms with van der Waals surface area (Å²) < 4.78 is 0. The summed E-state index contributed by atoms with van der Waals surface area (Å²) in [5.41, 5.74) is 0.716. The van der Waals surface area contributed by atoms with Gasteiger partial charge in [0, 0.05) is 12.6 Å². The molecular formula is C19H38N2. The molecule has 0 unspecified atom stereocenters. The lowest BCUT2D eigenvalue weighted by molar-refractivity contribution is 0.0923. The molecule has 2 fully saturated rings. The van der Waals surface area contributed by atoms with Crippen LogP contribution < -0.4 is 0 Å². The highest BCUT2D eigenvalue weighted by atomic mass is 15.2. The van der Waals surface area contributed by atoms with Crippen LogP contribution in [-0.2, 0) is 0 Å². The third-order valence-corrected chi connectivity index (χ3v) is 5.45. The lowest BCUT2D eigenvalue weighted by atomic mass is 9.92. The lowest BCUT2D eigenvalue weighted by Crippen LogP contribution is -2.46. The van der Waals surface area contributed by atoms with Crippen molar-refractivity contribution in [3.63, 3.8) is 0 Å². The maximum atomic E-state index is 2.78. The summed E-state index contributed by atoms with van der Waals surface area (Å²) in [7, 11) is 0. The molecule has 0 atom stereocenters. The van der Waals surface area contributed by atoms with Gasteiger partial charge >= 0.3 is 0 Å². The topological polar surface area (TPSA) is 6.48 Å². The van der Waals surface area contributed by atoms with E-state index in [1.807, 2.05) is 0 Å². The smallest absolute Gasteiger partial charge is 0.0120 e. The number of hydrogen-bond acceptors (Lipinski definition) is 2. The fraction of sp³-hybridized carbons (Fsp3) is 1.00. The van der Waals surface area contributed by atoms with Crippen molar-refractivity contribution in [1.82, 2.24) is 9.80 Å². The molecule has 2 heteroatoms. The molecule has 2 rings (SSSR count). The first kappa shape index (κ1) is 17.3. The average molecular weight is 295 g/mol. The summed E-state index contributed by atoms with van der Waals surface area (Å²) in [6.45, 7) is 16.1.